The monoisotopic (exact) mass is 263 g/mol. The predicted octanol–water partition coefficient (Wildman–Crippen LogP) is 2.39. The molecule has 1 saturated heterocycles. The molecule has 1 N–H and O–H groups in total. The first kappa shape index (κ1) is 14.0. The van der Waals surface area contributed by atoms with Crippen molar-refractivity contribution in [2.75, 3.05) is 19.7 Å². The first-order valence-corrected chi connectivity index (χ1v) is 6.86. The number of ether oxygens (including phenoxy) is 1. The van der Waals surface area contributed by atoms with Crippen molar-refractivity contribution in [3.8, 4) is 0 Å². The maximum absolute atomic E-state index is 11.2. The minimum absolute atomic E-state index is 0.288. The number of carboxylic acids is 1. The number of benzene rings is 1. The molecule has 0 aromatic heterocycles. The highest BCUT2D eigenvalue weighted by molar-refractivity contribution is 5.89. The van der Waals surface area contributed by atoms with Crippen LogP contribution in [0.25, 0.3) is 0 Å². The van der Waals surface area contributed by atoms with Crippen LogP contribution >= 0.6 is 0 Å². The van der Waals surface area contributed by atoms with Crippen LogP contribution in [0.5, 0.6) is 0 Å². The van der Waals surface area contributed by atoms with Gasteiger partial charge >= 0.3 is 5.97 Å². The number of aromatic carboxylic acids is 1. The number of likely N-dealkylation sites (tertiary alicyclic amines) is 1. The molecule has 1 unspecified atom stereocenters. The number of hydrogen-bond donors (Lipinski definition) is 1. The normalized spacial score (nSPS) is 20.4. The van der Waals surface area contributed by atoms with Gasteiger partial charge in [0.1, 0.15) is 0 Å². The number of carboxylic acid groups (broad SMARTS) is 1. The van der Waals surface area contributed by atoms with Crippen molar-refractivity contribution in [2.45, 2.75) is 32.4 Å². The van der Waals surface area contributed by atoms with Crippen LogP contribution in [0.3, 0.4) is 0 Å². The quantitative estimate of drug-likeness (QED) is 0.886. The minimum Gasteiger partial charge on any atom is -0.478 e. The van der Waals surface area contributed by atoms with Crippen molar-refractivity contribution in [3.63, 3.8) is 0 Å². The Kier molecular flexibility index (Phi) is 4.93. The highest BCUT2D eigenvalue weighted by atomic mass is 16.5. The van der Waals surface area contributed by atoms with E-state index in [-0.39, 0.29) is 6.10 Å². The highest BCUT2D eigenvalue weighted by Gasteiger charge is 2.21. The summed E-state index contributed by atoms with van der Waals surface area (Å²) in [5.41, 5.74) is 1.29. The predicted molar refractivity (Wildman–Crippen MR) is 73.3 cm³/mol. The average Bonchev–Trinajstić information content (AvgIpc) is 2.40. The average molecular weight is 263 g/mol. The van der Waals surface area contributed by atoms with Crippen molar-refractivity contribution < 1.29 is 14.6 Å². The summed E-state index contributed by atoms with van der Waals surface area (Å²) in [5.74, 6) is -0.853. The van der Waals surface area contributed by atoms with Crippen LogP contribution in [0, 0.1) is 0 Å². The summed E-state index contributed by atoms with van der Waals surface area (Å²) in [6, 6.07) is 7.23. The molecule has 0 amide bonds. The van der Waals surface area contributed by atoms with Gasteiger partial charge in [0, 0.05) is 19.7 Å². The third kappa shape index (κ3) is 3.78. The number of rotatable bonds is 5. The molecule has 0 aliphatic carbocycles. The van der Waals surface area contributed by atoms with Crippen LogP contribution in [0.4, 0.5) is 0 Å². The fourth-order valence-corrected chi connectivity index (χ4v) is 2.64. The first-order chi connectivity index (χ1) is 9.20. The van der Waals surface area contributed by atoms with Crippen LogP contribution in [0.1, 0.15) is 35.7 Å². The van der Waals surface area contributed by atoms with Gasteiger partial charge in [-0.15, -0.1) is 0 Å². The van der Waals surface area contributed by atoms with Crippen molar-refractivity contribution >= 4 is 5.97 Å². The molecule has 4 nitrogen and oxygen atoms in total. The maximum Gasteiger partial charge on any atom is 0.336 e. The number of piperidine rings is 1. The van der Waals surface area contributed by atoms with Gasteiger partial charge in [-0.2, -0.15) is 0 Å². The molecule has 0 bridgehead atoms. The molecule has 19 heavy (non-hydrogen) atoms. The van der Waals surface area contributed by atoms with Gasteiger partial charge in [-0.25, -0.2) is 4.79 Å². The Morgan fingerprint density at radius 1 is 1.47 bits per heavy atom. The summed E-state index contributed by atoms with van der Waals surface area (Å²) in [4.78, 5) is 13.5. The molecule has 4 heteroatoms. The molecule has 1 heterocycles. The van der Waals surface area contributed by atoms with E-state index in [0.717, 1.165) is 38.1 Å². The topological polar surface area (TPSA) is 49.8 Å². The Balaban J connectivity index is 2.02. The smallest absolute Gasteiger partial charge is 0.336 e. The summed E-state index contributed by atoms with van der Waals surface area (Å²) in [7, 11) is 0. The third-order valence-corrected chi connectivity index (χ3v) is 3.51. The van der Waals surface area contributed by atoms with Gasteiger partial charge in [-0.1, -0.05) is 18.2 Å². The fourth-order valence-electron chi connectivity index (χ4n) is 2.64. The van der Waals surface area contributed by atoms with Crippen molar-refractivity contribution in [2.24, 2.45) is 0 Å². The third-order valence-electron chi connectivity index (χ3n) is 3.51. The summed E-state index contributed by atoms with van der Waals surface area (Å²) in [6.07, 6.45) is 2.50. The molecule has 2 rings (SSSR count). The van der Waals surface area contributed by atoms with E-state index in [4.69, 9.17) is 4.74 Å². The van der Waals surface area contributed by atoms with Gasteiger partial charge in [0.15, 0.2) is 0 Å². The van der Waals surface area contributed by atoms with Gasteiger partial charge in [0.2, 0.25) is 0 Å². The molecule has 1 aliphatic rings. The molecular formula is C15H21NO3. The SMILES string of the molecule is CCOC1CCCN(Cc2ccccc2C(=O)O)C1. The lowest BCUT2D eigenvalue weighted by Crippen LogP contribution is -2.39. The molecule has 1 aromatic rings. The second-order valence-corrected chi connectivity index (χ2v) is 4.92. The number of carbonyl (C=O) groups is 1. The van der Waals surface area contributed by atoms with E-state index in [2.05, 4.69) is 4.90 Å². The number of nitrogens with zero attached hydrogens (tertiary/aromatic N) is 1. The summed E-state index contributed by atoms with van der Waals surface area (Å²) in [6.45, 7) is 5.34. The van der Waals surface area contributed by atoms with Crippen LogP contribution in [0.15, 0.2) is 24.3 Å². The second-order valence-electron chi connectivity index (χ2n) is 4.92. The van der Waals surface area contributed by atoms with Crippen molar-refractivity contribution in [1.82, 2.24) is 4.90 Å². The standard InChI is InChI=1S/C15H21NO3/c1-2-19-13-7-5-9-16(11-13)10-12-6-3-4-8-14(12)15(17)18/h3-4,6,8,13H,2,5,7,9-11H2,1H3,(H,17,18). The van der Waals surface area contributed by atoms with Gasteiger partial charge in [0.05, 0.1) is 11.7 Å². The molecule has 1 atom stereocenters. The Morgan fingerprint density at radius 2 is 2.26 bits per heavy atom. The van der Waals surface area contributed by atoms with Crippen LogP contribution < -0.4 is 0 Å². The fraction of sp³-hybridized carbons (Fsp3) is 0.533. The van der Waals surface area contributed by atoms with Crippen molar-refractivity contribution in [3.05, 3.63) is 35.4 Å². The van der Waals surface area contributed by atoms with Gasteiger partial charge in [0.25, 0.3) is 0 Å². The van der Waals surface area contributed by atoms with E-state index in [9.17, 15) is 9.90 Å². The van der Waals surface area contributed by atoms with Gasteiger partial charge in [-0.05, 0) is 37.9 Å². The van der Waals surface area contributed by atoms with Crippen LogP contribution in [-0.4, -0.2) is 41.8 Å². The molecule has 1 fully saturated rings. The molecule has 1 aromatic carbocycles. The molecule has 0 radical (unpaired) electrons. The summed E-state index contributed by atoms with van der Waals surface area (Å²) >= 11 is 0. The van der Waals surface area contributed by atoms with Crippen LogP contribution in [0.2, 0.25) is 0 Å². The Hall–Kier alpha value is -1.39. The minimum atomic E-state index is -0.853. The lowest BCUT2D eigenvalue weighted by atomic mass is 10.0. The maximum atomic E-state index is 11.2. The highest BCUT2D eigenvalue weighted by Crippen LogP contribution is 2.18. The van der Waals surface area contributed by atoms with E-state index in [1.165, 1.54) is 0 Å². The van der Waals surface area contributed by atoms with E-state index in [1.54, 1.807) is 12.1 Å². The van der Waals surface area contributed by atoms with E-state index >= 15 is 0 Å². The van der Waals surface area contributed by atoms with Crippen molar-refractivity contribution in [1.29, 1.82) is 0 Å². The summed E-state index contributed by atoms with van der Waals surface area (Å²) in [5, 5.41) is 9.19. The zero-order valence-electron chi connectivity index (χ0n) is 11.3. The Labute approximate surface area is 114 Å². The molecular weight excluding hydrogens is 242 g/mol. The lowest BCUT2D eigenvalue weighted by molar-refractivity contribution is 0.00355. The van der Waals surface area contributed by atoms with E-state index < -0.39 is 5.97 Å². The lowest BCUT2D eigenvalue weighted by Gasteiger charge is -2.32. The first-order valence-electron chi connectivity index (χ1n) is 6.86. The zero-order chi connectivity index (χ0) is 13.7. The number of hydrogen-bond acceptors (Lipinski definition) is 3. The molecule has 1 aliphatic heterocycles. The Bertz CT molecular complexity index is 431. The molecule has 0 spiro atoms. The largest absolute Gasteiger partial charge is 0.478 e. The second kappa shape index (κ2) is 6.68. The Morgan fingerprint density at radius 3 is 3.00 bits per heavy atom. The zero-order valence-corrected chi connectivity index (χ0v) is 11.3. The van der Waals surface area contributed by atoms with Crippen LogP contribution in [-0.2, 0) is 11.3 Å². The molecule has 104 valence electrons. The van der Waals surface area contributed by atoms with Gasteiger partial charge < -0.3 is 9.84 Å². The molecule has 0 saturated carbocycles. The van der Waals surface area contributed by atoms with Gasteiger partial charge in [-0.3, -0.25) is 4.90 Å². The van der Waals surface area contributed by atoms with E-state index in [0.29, 0.717) is 12.1 Å². The van der Waals surface area contributed by atoms with E-state index in [1.807, 2.05) is 19.1 Å². The summed E-state index contributed by atoms with van der Waals surface area (Å²) < 4.78 is 5.67.